The third kappa shape index (κ3) is 5.62. The van der Waals surface area contributed by atoms with Gasteiger partial charge < -0.3 is 20.1 Å². The Balaban J connectivity index is 1.24. The van der Waals surface area contributed by atoms with E-state index in [1.807, 2.05) is 24.3 Å². The molecule has 1 aromatic heterocycles. The van der Waals surface area contributed by atoms with Crippen molar-refractivity contribution in [3.63, 3.8) is 0 Å². The van der Waals surface area contributed by atoms with Crippen LogP contribution in [0.2, 0.25) is 5.02 Å². The summed E-state index contributed by atoms with van der Waals surface area (Å²) in [7, 11) is 0. The lowest BCUT2D eigenvalue weighted by atomic mass is 9.99. The van der Waals surface area contributed by atoms with Crippen molar-refractivity contribution in [2.24, 2.45) is 0 Å². The molecule has 0 spiro atoms. The summed E-state index contributed by atoms with van der Waals surface area (Å²) in [5.41, 5.74) is -0.431. The van der Waals surface area contributed by atoms with Crippen LogP contribution in [0.5, 0.6) is 11.5 Å². The molecule has 0 unspecified atom stereocenters. The summed E-state index contributed by atoms with van der Waals surface area (Å²) in [4.78, 5) is 24.3. The maximum atomic E-state index is 14.8. The van der Waals surface area contributed by atoms with Crippen molar-refractivity contribution in [3.05, 3.63) is 75.7 Å². The number of nitrogens with one attached hydrogen (secondary N) is 2. The molecule has 37 heavy (non-hydrogen) atoms. The normalized spacial score (nSPS) is 20.2. The number of nitrogens with zero attached hydrogens (tertiary/aromatic N) is 2. The van der Waals surface area contributed by atoms with Crippen molar-refractivity contribution in [3.8, 4) is 17.2 Å². The standard InChI is InChI=1S/C27H28ClFN4O4/c1-18(34)32-27(12-13-27)19-3-7-21(8-4-19)37-22-9-5-20(6-10-22)33-25(35)24(28)23(15-31-33)30-16-26(29)11-2-14-36-17-26/h3-10,15,30H,2,11-14,16-17H2,1H3,(H,32,34)/t26-/m0/s1. The Morgan fingerprint density at radius 2 is 1.81 bits per heavy atom. The molecular weight excluding hydrogens is 499 g/mol. The van der Waals surface area contributed by atoms with Gasteiger partial charge in [-0.2, -0.15) is 9.78 Å². The second-order valence-corrected chi connectivity index (χ2v) is 10.0. The van der Waals surface area contributed by atoms with E-state index in [1.54, 1.807) is 24.3 Å². The van der Waals surface area contributed by atoms with Crippen LogP contribution in [0.25, 0.3) is 5.69 Å². The Hall–Kier alpha value is -3.43. The highest BCUT2D eigenvalue weighted by Crippen LogP contribution is 2.45. The lowest BCUT2D eigenvalue weighted by molar-refractivity contribution is -0.120. The summed E-state index contributed by atoms with van der Waals surface area (Å²) < 4.78 is 27.1. The second-order valence-electron chi connectivity index (χ2n) is 9.63. The first-order valence-corrected chi connectivity index (χ1v) is 12.6. The van der Waals surface area contributed by atoms with Crippen LogP contribution in [0.3, 0.4) is 0 Å². The number of anilines is 1. The Morgan fingerprint density at radius 3 is 2.41 bits per heavy atom. The lowest BCUT2D eigenvalue weighted by Gasteiger charge is -2.29. The van der Waals surface area contributed by atoms with E-state index in [1.165, 1.54) is 17.8 Å². The fourth-order valence-corrected chi connectivity index (χ4v) is 4.73. The van der Waals surface area contributed by atoms with Crippen LogP contribution in [0.4, 0.5) is 10.1 Å². The number of ether oxygens (including phenoxy) is 2. The molecule has 1 saturated heterocycles. The molecule has 194 valence electrons. The van der Waals surface area contributed by atoms with Crippen LogP contribution in [-0.2, 0) is 15.1 Å². The van der Waals surface area contributed by atoms with Crippen LogP contribution in [0.1, 0.15) is 38.2 Å². The molecule has 1 saturated carbocycles. The first-order valence-electron chi connectivity index (χ1n) is 12.2. The van der Waals surface area contributed by atoms with E-state index in [0.29, 0.717) is 36.6 Å². The fourth-order valence-electron chi connectivity index (χ4n) is 4.53. The van der Waals surface area contributed by atoms with Crippen molar-refractivity contribution in [1.82, 2.24) is 15.1 Å². The molecule has 1 amide bonds. The lowest BCUT2D eigenvalue weighted by Crippen LogP contribution is -2.40. The number of hydrogen-bond donors (Lipinski definition) is 2. The van der Waals surface area contributed by atoms with Crippen LogP contribution >= 0.6 is 11.6 Å². The molecule has 3 aromatic rings. The number of alkyl halides is 1. The van der Waals surface area contributed by atoms with Gasteiger partial charge in [0.1, 0.15) is 16.5 Å². The molecule has 2 fully saturated rings. The summed E-state index contributed by atoms with van der Waals surface area (Å²) in [5.74, 6) is 1.19. The van der Waals surface area contributed by atoms with Gasteiger partial charge in [0.25, 0.3) is 5.56 Å². The molecule has 0 bridgehead atoms. The smallest absolute Gasteiger partial charge is 0.292 e. The van der Waals surface area contributed by atoms with Crippen molar-refractivity contribution < 1.29 is 18.7 Å². The number of rotatable bonds is 8. The Morgan fingerprint density at radius 1 is 1.14 bits per heavy atom. The summed E-state index contributed by atoms with van der Waals surface area (Å²) in [6.07, 6.45) is 4.30. The van der Waals surface area contributed by atoms with Gasteiger partial charge in [0.15, 0.2) is 5.67 Å². The molecule has 2 aliphatic rings. The van der Waals surface area contributed by atoms with Crippen molar-refractivity contribution >= 4 is 23.2 Å². The summed E-state index contributed by atoms with van der Waals surface area (Å²) in [6, 6.07) is 14.5. The maximum absolute atomic E-state index is 14.8. The zero-order chi connectivity index (χ0) is 26.0. The zero-order valence-electron chi connectivity index (χ0n) is 20.4. The van der Waals surface area contributed by atoms with Gasteiger partial charge in [-0.25, -0.2) is 4.39 Å². The number of aromatic nitrogens is 2. The van der Waals surface area contributed by atoms with Crippen molar-refractivity contribution in [1.29, 1.82) is 0 Å². The van der Waals surface area contributed by atoms with Crippen LogP contribution in [0.15, 0.2) is 59.5 Å². The van der Waals surface area contributed by atoms with E-state index in [2.05, 4.69) is 15.7 Å². The number of halogens is 2. The molecule has 2 aromatic carbocycles. The molecule has 2 N–H and O–H groups in total. The Bertz CT molecular complexity index is 1330. The molecular formula is C27H28ClFN4O4. The fraction of sp³-hybridized carbons (Fsp3) is 0.370. The molecule has 1 atom stereocenters. The molecule has 5 rings (SSSR count). The van der Waals surface area contributed by atoms with Crippen LogP contribution in [-0.4, -0.2) is 41.1 Å². The van der Waals surface area contributed by atoms with E-state index >= 15 is 0 Å². The quantitative estimate of drug-likeness (QED) is 0.440. The SMILES string of the molecule is CC(=O)NC1(c2ccc(Oc3ccc(-n4ncc(NC[C@@]5(F)CCCOC5)c(Cl)c4=O)cc3)cc2)CC1. The van der Waals surface area contributed by atoms with Gasteiger partial charge in [-0.3, -0.25) is 9.59 Å². The average Bonchev–Trinajstić information content (AvgIpc) is 3.66. The number of benzene rings is 2. The predicted octanol–water partition coefficient (Wildman–Crippen LogP) is 4.73. The summed E-state index contributed by atoms with van der Waals surface area (Å²) in [5, 5.41) is 10.1. The molecule has 10 heteroatoms. The third-order valence-corrected chi connectivity index (χ3v) is 7.04. The van der Waals surface area contributed by atoms with Gasteiger partial charge in [0.2, 0.25) is 5.91 Å². The number of hydrogen-bond acceptors (Lipinski definition) is 6. The predicted molar refractivity (Wildman–Crippen MR) is 138 cm³/mol. The topological polar surface area (TPSA) is 94.5 Å². The average molecular weight is 527 g/mol. The van der Waals surface area contributed by atoms with E-state index in [9.17, 15) is 14.0 Å². The van der Waals surface area contributed by atoms with Gasteiger partial charge in [-0.05, 0) is 67.6 Å². The monoisotopic (exact) mass is 526 g/mol. The number of amides is 1. The van der Waals surface area contributed by atoms with Crippen LogP contribution < -0.4 is 20.9 Å². The zero-order valence-corrected chi connectivity index (χ0v) is 21.2. The van der Waals surface area contributed by atoms with Gasteiger partial charge >= 0.3 is 0 Å². The first kappa shape index (κ1) is 25.2. The van der Waals surface area contributed by atoms with E-state index < -0.39 is 11.2 Å². The summed E-state index contributed by atoms with van der Waals surface area (Å²) >= 11 is 6.29. The van der Waals surface area contributed by atoms with Crippen molar-refractivity contribution in [2.75, 3.05) is 25.1 Å². The first-order chi connectivity index (χ1) is 17.8. The Kier molecular flexibility index (Phi) is 6.92. The highest BCUT2D eigenvalue weighted by atomic mass is 35.5. The molecule has 1 aliphatic heterocycles. The third-order valence-electron chi connectivity index (χ3n) is 6.68. The molecule has 2 heterocycles. The van der Waals surface area contributed by atoms with Crippen LogP contribution in [0, 0.1) is 0 Å². The minimum atomic E-state index is -1.50. The van der Waals surface area contributed by atoms with Gasteiger partial charge in [0, 0.05) is 13.5 Å². The van der Waals surface area contributed by atoms with Crippen molar-refractivity contribution in [2.45, 2.75) is 43.8 Å². The Labute approximate surface area is 218 Å². The highest BCUT2D eigenvalue weighted by molar-refractivity contribution is 6.32. The van der Waals surface area contributed by atoms with Gasteiger partial charge in [-0.15, -0.1) is 0 Å². The maximum Gasteiger partial charge on any atom is 0.292 e. The second kappa shape index (κ2) is 10.1. The molecule has 8 nitrogen and oxygen atoms in total. The van der Waals surface area contributed by atoms with Gasteiger partial charge in [0.05, 0.1) is 36.3 Å². The summed E-state index contributed by atoms with van der Waals surface area (Å²) in [6.45, 7) is 2.08. The van der Waals surface area contributed by atoms with E-state index in [0.717, 1.165) is 18.4 Å². The minimum absolute atomic E-state index is 0.0124. The highest BCUT2D eigenvalue weighted by Gasteiger charge is 2.45. The minimum Gasteiger partial charge on any atom is -0.457 e. The van der Waals surface area contributed by atoms with Gasteiger partial charge in [-0.1, -0.05) is 23.7 Å². The van der Waals surface area contributed by atoms with E-state index in [-0.39, 0.29) is 35.3 Å². The molecule has 1 aliphatic carbocycles. The largest absolute Gasteiger partial charge is 0.457 e. The number of carbonyl (C=O) groups excluding carboxylic acids is 1. The molecule has 0 radical (unpaired) electrons. The number of carbonyl (C=O) groups is 1. The van der Waals surface area contributed by atoms with E-state index in [4.69, 9.17) is 21.1 Å².